The molecule has 0 unspecified atom stereocenters. The van der Waals surface area contributed by atoms with Gasteiger partial charge in [-0.05, 0) is 49.2 Å². The van der Waals surface area contributed by atoms with E-state index in [-0.39, 0.29) is 5.91 Å². The Morgan fingerprint density at radius 1 is 1.06 bits per heavy atom. The Morgan fingerprint density at radius 2 is 1.85 bits per heavy atom. The maximum Gasteiger partial charge on any atom is 0.228 e. The number of methoxy groups -OCH3 is 1. The number of carbonyl (C=O) groups is 1. The van der Waals surface area contributed by atoms with Crippen LogP contribution < -0.4 is 9.64 Å². The highest BCUT2D eigenvalue weighted by Gasteiger charge is 2.27. The van der Waals surface area contributed by atoms with Gasteiger partial charge in [-0.1, -0.05) is 0 Å². The summed E-state index contributed by atoms with van der Waals surface area (Å²) in [5.41, 5.74) is 4.00. The molecular weight excluding hydrogens is 448 g/mol. The molecule has 0 spiro atoms. The van der Waals surface area contributed by atoms with Crippen LogP contribution >= 0.6 is 11.3 Å². The van der Waals surface area contributed by atoms with E-state index in [0.717, 1.165) is 52.3 Å². The molecule has 0 atom stereocenters. The van der Waals surface area contributed by atoms with Crippen LogP contribution in [0, 0.1) is 0 Å². The number of piperazine rings is 1. The molecule has 1 aliphatic heterocycles. The van der Waals surface area contributed by atoms with Crippen LogP contribution in [0.3, 0.4) is 0 Å². The highest BCUT2D eigenvalue weighted by molar-refractivity contribution is 7.15. The number of thiazole rings is 1. The van der Waals surface area contributed by atoms with Crippen LogP contribution in [0.15, 0.2) is 48.0 Å². The van der Waals surface area contributed by atoms with E-state index in [9.17, 15) is 4.79 Å². The molecule has 4 heterocycles. The van der Waals surface area contributed by atoms with Crippen molar-refractivity contribution in [2.45, 2.75) is 25.2 Å². The van der Waals surface area contributed by atoms with Gasteiger partial charge in [0.25, 0.3) is 0 Å². The molecule has 174 valence electrons. The zero-order valence-electron chi connectivity index (χ0n) is 19.1. The van der Waals surface area contributed by atoms with Crippen molar-refractivity contribution in [2.24, 2.45) is 0 Å². The third-order valence-corrected chi connectivity index (χ3v) is 7.51. The highest BCUT2D eigenvalue weighted by Crippen LogP contribution is 2.38. The van der Waals surface area contributed by atoms with Crippen molar-refractivity contribution in [3.8, 4) is 17.0 Å². The molecule has 1 saturated heterocycles. The lowest BCUT2D eigenvalue weighted by Crippen LogP contribution is -2.49. The predicted molar refractivity (Wildman–Crippen MR) is 132 cm³/mol. The fourth-order valence-electron chi connectivity index (χ4n) is 4.41. The molecule has 1 saturated carbocycles. The van der Waals surface area contributed by atoms with Gasteiger partial charge in [0.1, 0.15) is 5.75 Å². The lowest BCUT2D eigenvalue weighted by Gasteiger charge is -2.35. The average Bonchev–Trinajstić information content (AvgIpc) is 3.55. The summed E-state index contributed by atoms with van der Waals surface area (Å²) in [6, 6.07) is 12.0. The van der Waals surface area contributed by atoms with Gasteiger partial charge in [-0.3, -0.25) is 9.20 Å². The van der Waals surface area contributed by atoms with Crippen molar-refractivity contribution in [1.82, 2.24) is 24.5 Å². The Bertz CT molecular complexity index is 1300. The van der Waals surface area contributed by atoms with Crippen molar-refractivity contribution >= 4 is 28.0 Å². The zero-order valence-corrected chi connectivity index (χ0v) is 19.9. The molecule has 0 N–H and O–H groups in total. The van der Waals surface area contributed by atoms with Crippen LogP contribution in [-0.2, 0) is 11.2 Å². The van der Waals surface area contributed by atoms with Crippen LogP contribution in [0.2, 0.25) is 0 Å². The average molecular weight is 475 g/mol. The minimum Gasteiger partial charge on any atom is -0.497 e. The van der Waals surface area contributed by atoms with Crippen molar-refractivity contribution in [3.63, 3.8) is 0 Å². The van der Waals surface area contributed by atoms with Gasteiger partial charge >= 0.3 is 0 Å². The van der Waals surface area contributed by atoms with E-state index in [1.54, 1.807) is 18.4 Å². The van der Waals surface area contributed by atoms with Gasteiger partial charge in [-0.15, -0.1) is 16.4 Å². The first kappa shape index (κ1) is 21.1. The van der Waals surface area contributed by atoms with Gasteiger partial charge in [-0.25, -0.2) is 4.98 Å². The third-order valence-electron chi connectivity index (χ3n) is 6.62. The summed E-state index contributed by atoms with van der Waals surface area (Å²) in [7, 11) is 1.66. The maximum atomic E-state index is 13.1. The summed E-state index contributed by atoms with van der Waals surface area (Å²) < 4.78 is 7.28. The van der Waals surface area contributed by atoms with E-state index in [0.29, 0.717) is 25.4 Å². The van der Waals surface area contributed by atoms with Crippen LogP contribution in [0.25, 0.3) is 16.2 Å². The number of benzene rings is 1. The number of anilines is 1. The van der Waals surface area contributed by atoms with Gasteiger partial charge in [-0.2, -0.15) is 5.10 Å². The van der Waals surface area contributed by atoms with Gasteiger partial charge < -0.3 is 14.5 Å². The maximum absolute atomic E-state index is 13.1. The monoisotopic (exact) mass is 474 g/mol. The largest absolute Gasteiger partial charge is 0.497 e. The number of carbonyl (C=O) groups excluding carboxylic acids is 1. The standard InChI is InChI=1S/C25H26N6O2S/c1-33-20-6-4-18(5-7-20)22-15-31-19(16-34-25(31)26-22)14-24(32)30-12-10-29(11-13-30)23-9-8-21(27-28-23)17-2-3-17/h4-9,15-17H,2-3,10-14H2,1H3. The molecule has 4 aromatic rings. The molecule has 1 aromatic carbocycles. The number of imidazole rings is 1. The first-order chi connectivity index (χ1) is 16.7. The van der Waals surface area contributed by atoms with Crippen molar-refractivity contribution < 1.29 is 9.53 Å². The summed E-state index contributed by atoms with van der Waals surface area (Å²) >= 11 is 1.56. The van der Waals surface area contributed by atoms with Crippen molar-refractivity contribution in [2.75, 3.05) is 38.2 Å². The Hall–Kier alpha value is -3.46. The van der Waals surface area contributed by atoms with E-state index in [1.807, 2.05) is 45.1 Å². The van der Waals surface area contributed by atoms with Gasteiger partial charge in [0.15, 0.2) is 10.8 Å². The van der Waals surface area contributed by atoms with E-state index < -0.39 is 0 Å². The lowest BCUT2D eigenvalue weighted by molar-refractivity contribution is -0.130. The summed E-state index contributed by atoms with van der Waals surface area (Å²) in [6.45, 7) is 2.93. The molecule has 3 aromatic heterocycles. The number of aromatic nitrogens is 4. The van der Waals surface area contributed by atoms with Crippen molar-refractivity contribution in [1.29, 1.82) is 0 Å². The number of hydrogen-bond donors (Lipinski definition) is 0. The summed E-state index contributed by atoms with van der Waals surface area (Å²) in [5, 5.41) is 10.9. The molecular formula is C25H26N6O2S. The Kier molecular flexibility index (Phi) is 5.41. The predicted octanol–water partition coefficient (Wildman–Crippen LogP) is 3.63. The normalized spacial score (nSPS) is 16.3. The second-order valence-electron chi connectivity index (χ2n) is 8.87. The molecule has 0 bridgehead atoms. The Balaban J connectivity index is 1.09. The number of nitrogens with zero attached hydrogens (tertiary/aromatic N) is 6. The van der Waals surface area contributed by atoms with Gasteiger partial charge in [0.05, 0.1) is 24.9 Å². The van der Waals surface area contributed by atoms with E-state index in [1.165, 1.54) is 12.8 Å². The Morgan fingerprint density at radius 3 is 2.53 bits per heavy atom. The van der Waals surface area contributed by atoms with Crippen LogP contribution in [0.5, 0.6) is 5.75 Å². The minimum absolute atomic E-state index is 0.147. The first-order valence-corrected chi connectivity index (χ1v) is 12.5. The smallest absolute Gasteiger partial charge is 0.228 e. The minimum atomic E-state index is 0.147. The summed E-state index contributed by atoms with van der Waals surface area (Å²) in [5.74, 6) is 2.48. The number of rotatable bonds is 6. The van der Waals surface area contributed by atoms with Crippen LogP contribution in [0.1, 0.15) is 30.1 Å². The second kappa shape index (κ2) is 8.72. The lowest BCUT2D eigenvalue weighted by atomic mass is 10.1. The quantitative estimate of drug-likeness (QED) is 0.425. The fourth-order valence-corrected chi connectivity index (χ4v) is 5.28. The molecule has 2 fully saturated rings. The van der Waals surface area contributed by atoms with Gasteiger partial charge in [0, 0.05) is 54.9 Å². The zero-order chi connectivity index (χ0) is 23.1. The molecule has 8 nitrogen and oxygen atoms in total. The van der Waals surface area contributed by atoms with E-state index >= 15 is 0 Å². The molecule has 9 heteroatoms. The first-order valence-electron chi connectivity index (χ1n) is 11.6. The molecule has 34 heavy (non-hydrogen) atoms. The van der Waals surface area contributed by atoms with Crippen LogP contribution in [-0.4, -0.2) is 63.7 Å². The summed E-state index contributed by atoms with van der Waals surface area (Å²) in [6.07, 6.45) is 4.84. The third kappa shape index (κ3) is 4.11. The molecule has 6 rings (SSSR count). The molecule has 0 radical (unpaired) electrons. The number of ether oxygens (including phenoxy) is 1. The van der Waals surface area contributed by atoms with Gasteiger partial charge in [0.2, 0.25) is 5.91 Å². The number of fused-ring (bicyclic) bond motifs is 1. The van der Waals surface area contributed by atoms with E-state index in [4.69, 9.17) is 9.72 Å². The molecule has 1 aliphatic carbocycles. The van der Waals surface area contributed by atoms with E-state index in [2.05, 4.69) is 27.2 Å². The second-order valence-corrected chi connectivity index (χ2v) is 9.71. The fraction of sp³-hybridized carbons (Fsp3) is 0.360. The number of amides is 1. The Labute approximate surface area is 201 Å². The molecule has 1 amide bonds. The van der Waals surface area contributed by atoms with Crippen LogP contribution in [0.4, 0.5) is 5.82 Å². The van der Waals surface area contributed by atoms with Crippen molar-refractivity contribution in [3.05, 3.63) is 59.4 Å². The molecule has 2 aliphatic rings. The number of hydrogen-bond acceptors (Lipinski definition) is 7. The topological polar surface area (TPSA) is 75.9 Å². The SMILES string of the molecule is COc1ccc(-c2cn3c(CC(=O)N4CCN(c5ccc(C6CC6)nn5)CC4)csc3n2)cc1. The highest BCUT2D eigenvalue weighted by atomic mass is 32.1. The summed E-state index contributed by atoms with van der Waals surface area (Å²) in [4.78, 5) is 22.9.